The van der Waals surface area contributed by atoms with E-state index in [2.05, 4.69) is 10.3 Å². The number of carbonyl (C=O) groups is 3. The van der Waals surface area contributed by atoms with Crippen molar-refractivity contribution in [2.24, 2.45) is 5.92 Å². The monoisotopic (exact) mass is 450 g/mol. The summed E-state index contributed by atoms with van der Waals surface area (Å²) in [5.74, 6) is -4.23. The zero-order valence-electron chi connectivity index (χ0n) is 16.2. The Labute approximate surface area is 181 Å². The van der Waals surface area contributed by atoms with E-state index < -0.39 is 48.8 Å². The lowest BCUT2D eigenvalue weighted by Crippen LogP contribution is -2.33. The fourth-order valence-corrected chi connectivity index (χ4v) is 3.24. The van der Waals surface area contributed by atoms with Gasteiger partial charge in [0.25, 0.3) is 5.91 Å². The number of rotatable bonds is 7. The van der Waals surface area contributed by atoms with E-state index in [-0.39, 0.29) is 11.4 Å². The van der Waals surface area contributed by atoms with Crippen LogP contribution in [0.15, 0.2) is 36.5 Å². The highest BCUT2D eigenvalue weighted by Crippen LogP contribution is 2.32. The lowest BCUT2D eigenvalue weighted by atomic mass is 10.0. The molecule has 0 radical (unpaired) electrons. The number of aliphatic hydroxyl groups excluding tert-OH is 1. The van der Waals surface area contributed by atoms with Crippen molar-refractivity contribution in [3.63, 3.8) is 0 Å². The summed E-state index contributed by atoms with van der Waals surface area (Å²) >= 11 is 6.03. The molecule has 0 saturated carbocycles. The first-order valence-corrected chi connectivity index (χ1v) is 9.54. The van der Waals surface area contributed by atoms with E-state index in [1.54, 1.807) is 24.3 Å². The van der Waals surface area contributed by atoms with Gasteiger partial charge in [-0.15, -0.1) is 0 Å². The standard InChI is InChI=1S/C20H19ClN2O8/c1-9-16(26)20(31-17(9)19(28)29)30-13-6-11(10-3-2-4-12(21)5-10)7-22-15(13)18(27)23-8-14(24)25/h2-7,9,16-17,20,26H,8H2,1H3,(H,23,27)(H,24,25)(H,28,29)/t9-,16?,17?,20?/m1/s1. The summed E-state index contributed by atoms with van der Waals surface area (Å²) in [4.78, 5) is 38.6. The molecule has 1 fully saturated rings. The molecule has 0 bridgehead atoms. The van der Waals surface area contributed by atoms with Crippen molar-refractivity contribution in [1.82, 2.24) is 10.3 Å². The fraction of sp³-hybridized carbons (Fsp3) is 0.300. The zero-order valence-corrected chi connectivity index (χ0v) is 16.9. The summed E-state index contributed by atoms with van der Waals surface area (Å²) < 4.78 is 11.0. The van der Waals surface area contributed by atoms with Crippen LogP contribution in [0.1, 0.15) is 17.4 Å². The van der Waals surface area contributed by atoms with Gasteiger partial charge in [0.05, 0.1) is 0 Å². The van der Waals surface area contributed by atoms with Crippen molar-refractivity contribution in [3.05, 3.63) is 47.2 Å². The predicted molar refractivity (Wildman–Crippen MR) is 107 cm³/mol. The van der Waals surface area contributed by atoms with Gasteiger partial charge in [0, 0.05) is 22.7 Å². The topological polar surface area (TPSA) is 155 Å². The highest BCUT2D eigenvalue weighted by Gasteiger charge is 2.46. The van der Waals surface area contributed by atoms with Crippen LogP contribution in [0.3, 0.4) is 0 Å². The van der Waals surface area contributed by atoms with E-state index >= 15 is 0 Å². The number of pyridine rings is 1. The third-order valence-electron chi connectivity index (χ3n) is 4.69. The number of aliphatic hydroxyl groups is 1. The molecule has 10 nitrogen and oxygen atoms in total. The third-order valence-corrected chi connectivity index (χ3v) is 4.92. The molecule has 0 spiro atoms. The van der Waals surface area contributed by atoms with Crippen LogP contribution >= 0.6 is 11.6 Å². The molecular formula is C20H19ClN2O8. The Morgan fingerprint density at radius 3 is 2.58 bits per heavy atom. The van der Waals surface area contributed by atoms with Gasteiger partial charge in [-0.05, 0) is 23.8 Å². The number of hydrogen-bond donors (Lipinski definition) is 4. The molecule has 1 aliphatic rings. The van der Waals surface area contributed by atoms with Crippen molar-refractivity contribution < 1.29 is 39.2 Å². The summed E-state index contributed by atoms with van der Waals surface area (Å²) in [5.41, 5.74) is 0.920. The van der Waals surface area contributed by atoms with Gasteiger partial charge >= 0.3 is 11.9 Å². The van der Waals surface area contributed by atoms with Crippen molar-refractivity contribution in [1.29, 1.82) is 0 Å². The number of ether oxygens (including phenoxy) is 2. The minimum Gasteiger partial charge on any atom is -0.480 e. The normalized spacial score (nSPS) is 22.7. The first-order valence-electron chi connectivity index (χ1n) is 9.16. The van der Waals surface area contributed by atoms with Crippen LogP contribution in [-0.2, 0) is 14.3 Å². The Hall–Kier alpha value is -3.21. The number of hydrogen-bond acceptors (Lipinski definition) is 7. The molecule has 3 rings (SSSR count). The maximum atomic E-state index is 12.4. The lowest BCUT2D eigenvalue weighted by Gasteiger charge is -2.19. The zero-order chi connectivity index (χ0) is 22.7. The third kappa shape index (κ3) is 5.10. The lowest BCUT2D eigenvalue weighted by molar-refractivity contribution is -0.160. The van der Waals surface area contributed by atoms with Crippen molar-refractivity contribution in [2.75, 3.05) is 6.54 Å². The number of halogens is 1. The molecule has 4 atom stereocenters. The fourth-order valence-electron chi connectivity index (χ4n) is 3.05. The summed E-state index contributed by atoms with van der Waals surface area (Å²) in [6.45, 7) is 0.852. The number of carboxylic acids is 2. The Morgan fingerprint density at radius 1 is 1.23 bits per heavy atom. The Bertz CT molecular complexity index is 1010. The highest BCUT2D eigenvalue weighted by molar-refractivity contribution is 6.30. The summed E-state index contributed by atoms with van der Waals surface area (Å²) in [6, 6.07) is 8.26. The first-order chi connectivity index (χ1) is 14.7. The van der Waals surface area contributed by atoms with Gasteiger partial charge in [0.2, 0.25) is 6.29 Å². The number of nitrogens with zero attached hydrogens (tertiary/aromatic N) is 1. The van der Waals surface area contributed by atoms with E-state index in [1.807, 2.05) is 0 Å². The number of carboxylic acid groups (broad SMARTS) is 2. The van der Waals surface area contributed by atoms with Crippen molar-refractivity contribution in [2.45, 2.75) is 25.4 Å². The number of amides is 1. The van der Waals surface area contributed by atoms with Gasteiger partial charge in [-0.3, -0.25) is 9.59 Å². The molecule has 2 aromatic rings. The maximum absolute atomic E-state index is 12.4. The van der Waals surface area contributed by atoms with E-state index in [0.29, 0.717) is 16.1 Å². The second kappa shape index (κ2) is 9.29. The molecule has 3 unspecified atom stereocenters. The molecule has 0 aliphatic carbocycles. The molecule has 1 aromatic carbocycles. The van der Waals surface area contributed by atoms with Gasteiger partial charge in [-0.25, -0.2) is 9.78 Å². The van der Waals surface area contributed by atoms with E-state index in [9.17, 15) is 24.6 Å². The minimum atomic E-state index is -1.38. The summed E-state index contributed by atoms with van der Waals surface area (Å²) in [7, 11) is 0. The van der Waals surface area contributed by atoms with Crippen LogP contribution < -0.4 is 10.1 Å². The number of nitrogens with one attached hydrogen (secondary N) is 1. The predicted octanol–water partition coefficient (Wildman–Crippen LogP) is 1.40. The molecule has 2 heterocycles. The van der Waals surface area contributed by atoms with Crippen molar-refractivity contribution in [3.8, 4) is 16.9 Å². The second-order valence-electron chi connectivity index (χ2n) is 6.89. The number of aromatic nitrogens is 1. The van der Waals surface area contributed by atoms with Crippen molar-refractivity contribution >= 4 is 29.4 Å². The number of benzene rings is 1. The molecule has 1 aromatic heterocycles. The quantitative estimate of drug-likeness (QED) is 0.489. The number of carbonyl (C=O) groups excluding carboxylic acids is 1. The molecule has 1 aliphatic heterocycles. The largest absolute Gasteiger partial charge is 0.480 e. The van der Waals surface area contributed by atoms with Gasteiger partial charge < -0.3 is 30.1 Å². The Kier molecular flexibility index (Phi) is 6.74. The number of aliphatic carboxylic acids is 2. The van der Waals surface area contributed by atoms with Gasteiger partial charge in [-0.1, -0.05) is 30.7 Å². The first kappa shape index (κ1) is 22.5. The second-order valence-corrected chi connectivity index (χ2v) is 7.32. The van der Waals surface area contributed by atoms with Crippen LogP contribution in [0.2, 0.25) is 5.02 Å². The summed E-state index contributed by atoms with van der Waals surface area (Å²) in [6.07, 6.45) is -2.58. The Balaban J connectivity index is 1.96. The minimum absolute atomic E-state index is 0.123. The van der Waals surface area contributed by atoms with Crippen LogP contribution in [0.4, 0.5) is 0 Å². The highest BCUT2D eigenvalue weighted by atomic mass is 35.5. The molecule has 11 heteroatoms. The molecule has 1 amide bonds. The molecule has 1 saturated heterocycles. The Morgan fingerprint density at radius 2 is 1.97 bits per heavy atom. The summed E-state index contributed by atoms with van der Waals surface area (Å²) in [5, 5.41) is 31.0. The van der Waals surface area contributed by atoms with E-state index in [1.165, 1.54) is 19.2 Å². The van der Waals surface area contributed by atoms with Crippen LogP contribution in [0.25, 0.3) is 11.1 Å². The average molecular weight is 451 g/mol. The van der Waals surface area contributed by atoms with E-state index in [0.717, 1.165) is 0 Å². The van der Waals surface area contributed by atoms with Crippen LogP contribution in [-0.4, -0.2) is 63.2 Å². The molecule has 4 N–H and O–H groups in total. The van der Waals surface area contributed by atoms with Gasteiger partial charge in [-0.2, -0.15) is 0 Å². The van der Waals surface area contributed by atoms with Crippen LogP contribution in [0, 0.1) is 5.92 Å². The maximum Gasteiger partial charge on any atom is 0.333 e. The SMILES string of the molecule is C[C@H]1C(C(=O)O)OC(Oc2cc(-c3cccc(Cl)c3)cnc2C(=O)NCC(=O)O)C1O. The molecular weight excluding hydrogens is 432 g/mol. The molecule has 164 valence electrons. The van der Waals surface area contributed by atoms with Gasteiger partial charge in [0.15, 0.2) is 17.5 Å². The van der Waals surface area contributed by atoms with Gasteiger partial charge in [0.1, 0.15) is 12.6 Å². The van der Waals surface area contributed by atoms with Crippen LogP contribution in [0.5, 0.6) is 5.75 Å². The van der Waals surface area contributed by atoms with E-state index in [4.69, 9.17) is 26.2 Å². The smallest absolute Gasteiger partial charge is 0.333 e. The average Bonchev–Trinajstić information content (AvgIpc) is 3.00. The molecule has 31 heavy (non-hydrogen) atoms.